The number of nitrogens with zero attached hydrogens (tertiary/aromatic N) is 1. The molecule has 1 heterocycles. The fraction of sp³-hybridized carbons (Fsp3) is 0.600. The maximum Gasteiger partial charge on any atom is 0.124 e. The third kappa shape index (κ3) is 2.61. The van der Waals surface area contributed by atoms with Crippen LogP contribution < -0.4 is 10.5 Å². The summed E-state index contributed by atoms with van der Waals surface area (Å²) in [6.45, 7) is 8.61. The van der Waals surface area contributed by atoms with Crippen molar-refractivity contribution in [2.45, 2.75) is 45.7 Å². The maximum atomic E-state index is 6.06. The third-order valence-electron chi connectivity index (χ3n) is 3.65. The van der Waals surface area contributed by atoms with Gasteiger partial charge in [0.25, 0.3) is 0 Å². The highest BCUT2D eigenvalue weighted by molar-refractivity contribution is 5.55. The fourth-order valence-corrected chi connectivity index (χ4v) is 2.75. The quantitative estimate of drug-likeness (QED) is 0.833. The summed E-state index contributed by atoms with van der Waals surface area (Å²) in [6.07, 6.45) is 2.17. The summed E-state index contributed by atoms with van der Waals surface area (Å²) in [5.41, 5.74) is 8.09. The van der Waals surface area contributed by atoms with Crippen molar-refractivity contribution in [1.82, 2.24) is 4.90 Å². The van der Waals surface area contributed by atoms with E-state index in [0.29, 0.717) is 12.1 Å². The first kappa shape index (κ1) is 13.2. The molecule has 2 rings (SSSR count). The average molecular weight is 248 g/mol. The zero-order valence-corrected chi connectivity index (χ0v) is 11.6. The van der Waals surface area contributed by atoms with Crippen LogP contribution in [0.5, 0.6) is 5.75 Å². The van der Waals surface area contributed by atoms with Gasteiger partial charge in [0.15, 0.2) is 0 Å². The molecule has 3 heteroatoms. The van der Waals surface area contributed by atoms with Crippen LogP contribution in [0.1, 0.15) is 32.8 Å². The van der Waals surface area contributed by atoms with Gasteiger partial charge in [0, 0.05) is 23.3 Å². The number of hydrogen-bond donors (Lipinski definition) is 1. The van der Waals surface area contributed by atoms with Gasteiger partial charge in [-0.15, -0.1) is 0 Å². The summed E-state index contributed by atoms with van der Waals surface area (Å²) in [5, 5.41) is 0. The van der Waals surface area contributed by atoms with Crippen LogP contribution in [0.2, 0.25) is 0 Å². The SMILES string of the molecule is CCCN(C(C)C)[C@H]1COc2cccc(N)c2C1. The van der Waals surface area contributed by atoms with Gasteiger partial charge in [0.2, 0.25) is 0 Å². The largest absolute Gasteiger partial charge is 0.492 e. The maximum absolute atomic E-state index is 6.06. The van der Waals surface area contributed by atoms with E-state index in [0.717, 1.165) is 31.0 Å². The minimum atomic E-state index is 0.446. The molecule has 1 aliphatic rings. The molecule has 1 aromatic carbocycles. The Morgan fingerprint density at radius 2 is 2.22 bits per heavy atom. The Labute approximate surface area is 110 Å². The zero-order chi connectivity index (χ0) is 13.1. The molecule has 0 aliphatic carbocycles. The van der Waals surface area contributed by atoms with Crippen molar-refractivity contribution in [3.05, 3.63) is 23.8 Å². The van der Waals surface area contributed by atoms with Crippen LogP contribution in [-0.2, 0) is 6.42 Å². The molecule has 0 spiro atoms. The van der Waals surface area contributed by atoms with Gasteiger partial charge < -0.3 is 10.5 Å². The molecule has 0 saturated carbocycles. The highest BCUT2D eigenvalue weighted by Crippen LogP contribution is 2.31. The molecule has 18 heavy (non-hydrogen) atoms. The third-order valence-corrected chi connectivity index (χ3v) is 3.65. The molecule has 2 N–H and O–H groups in total. The minimum Gasteiger partial charge on any atom is -0.492 e. The van der Waals surface area contributed by atoms with Gasteiger partial charge in [0.05, 0.1) is 0 Å². The van der Waals surface area contributed by atoms with E-state index in [1.165, 1.54) is 12.0 Å². The van der Waals surface area contributed by atoms with Gasteiger partial charge in [-0.3, -0.25) is 4.90 Å². The van der Waals surface area contributed by atoms with Crippen LogP contribution >= 0.6 is 0 Å². The molecule has 0 amide bonds. The highest BCUT2D eigenvalue weighted by atomic mass is 16.5. The zero-order valence-electron chi connectivity index (χ0n) is 11.6. The Morgan fingerprint density at radius 3 is 2.89 bits per heavy atom. The Hall–Kier alpha value is -1.22. The second kappa shape index (κ2) is 5.61. The molecule has 0 radical (unpaired) electrons. The van der Waals surface area contributed by atoms with Crippen LogP contribution in [0.25, 0.3) is 0 Å². The smallest absolute Gasteiger partial charge is 0.124 e. The van der Waals surface area contributed by atoms with Gasteiger partial charge in [-0.1, -0.05) is 13.0 Å². The molecule has 0 saturated heterocycles. The molecule has 1 aromatic rings. The molecule has 100 valence electrons. The van der Waals surface area contributed by atoms with Crippen LogP contribution in [-0.4, -0.2) is 30.1 Å². The second-order valence-corrected chi connectivity index (χ2v) is 5.32. The number of benzene rings is 1. The van der Waals surface area contributed by atoms with E-state index >= 15 is 0 Å². The topological polar surface area (TPSA) is 38.5 Å². The van der Waals surface area contributed by atoms with Crippen LogP contribution in [0.15, 0.2) is 18.2 Å². The summed E-state index contributed by atoms with van der Waals surface area (Å²) in [6, 6.07) is 6.93. The van der Waals surface area contributed by atoms with E-state index in [1.807, 2.05) is 18.2 Å². The van der Waals surface area contributed by atoms with Crippen molar-refractivity contribution in [2.24, 2.45) is 0 Å². The van der Waals surface area contributed by atoms with Crippen molar-refractivity contribution in [2.75, 3.05) is 18.9 Å². The first-order valence-electron chi connectivity index (χ1n) is 6.89. The lowest BCUT2D eigenvalue weighted by Crippen LogP contribution is -2.47. The van der Waals surface area contributed by atoms with Crippen molar-refractivity contribution in [1.29, 1.82) is 0 Å². The van der Waals surface area contributed by atoms with E-state index < -0.39 is 0 Å². The normalized spacial score (nSPS) is 18.8. The van der Waals surface area contributed by atoms with E-state index in [4.69, 9.17) is 10.5 Å². The number of anilines is 1. The van der Waals surface area contributed by atoms with E-state index in [1.54, 1.807) is 0 Å². The number of fused-ring (bicyclic) bond motifs is 1. The van der Waals surface area contributed by atoms with Gasteiger partial charge in [-0.2, -0.15) is 0 Å². The molecule has 0 fully saturated rings. The molecule has 0 unspecified atom stereocenters. The lowest BCUT2D eigenvalue weighted by molar-refractivity contribution is 0.0928. The fourth-order valence-electron chi connectivity index (χ4n) is 2.75. The number of hydrogen-bond acceptors (Lipinski definition) is 3. The summed E-state index contributed by atoms with van der Waals surface area (Å²) in [4.78, 5) is 2.52. The summed E-state index contributed by atoms with van der Waals surface area (Å²) in [7, 11) is 0. The van der Waals surface area contributed by atoms with Crippen LogP contribution in [0.3, 0.4) is 0 Å². The highest BCUT2D eigenvalue weighted by Gasteiger charge is 2.27. The first-order chi connectivity index (χ1) is 8.63. The van der Waals surface area contributed by atoms with Gasteiger partial charge in [0.1, 0.15) is 12.4 Å². The monoisotopic (exact) mass is 248 g/mol. The second-order valence-electron chi connectivity index (χ2n) is 5.32. The Balaban J connectivity index is 2.17. The van der Waals surface area contributed by atoms with Crippen molar-refractivity contribution >= 4 is 5.69 Å². The Bertz CT molecular complexity index is 403. The Morgan fingerprint density at radius 1 is 1.44 bits per heavy atom. The predicted octanol–water partition coefficient (Wildman–Crippen LogP) is 2.69. The first-order valence-corrected chi connectivity index (χ1v) is 6.89. The van der Waals surface area contributed by atoms with Gasteiger partial charge in [-0.05, 0) is 45.4 Å². The molecular weight excluding hydrogens is 224 g/mol. The van der Waals surface area contributed by atoms with Crippen molar-refractivity contribution in [3.8, 4) is 5.75 Å². The van der Waals surface area contributed by atoms with Crippen LogP contribution in [0, 0.1) is 0 Å². The minimum absolute atomic E-state index is 0.446. The van der Waals surface area contributed by atoms with E-state index in [-0.39, 0.29) is 0 Å². The van der Waals surface area contributed by atoms with Gasteiger partial charge >= 0.3 is 0 Å². The van der Waals surface area contributed by atoms with E-state index in [9.17, 15) is 0 Å². The number of rotatable bonds is 4. The molecule has 0 aromatic heterocycles. The number of ether oxygens (including phenoxy) is 1. The average Bonchev–Trinajstić information content (AvgIpc) is 2.36. The Kier molecular flexibility index (Phi) is 4.12. The van der Waals surface area contributed by atoms with Gasteiger partial charge in [-0.25, -0.2) is 0 Å². The van der Waals surface area contributed by atoms with Crippen molar-refractivity contribution in [3.63, 3.8) is 0 Å². The summed E-state index contributed by atoms with van der Waals surface area (Å²) < 4.78 is 5.87. The standard InChI is InChI=1S/C15H24N2O/c1-4-8-17(11(2)3)12-9-13-14(16)6-5-7-15(13)18-10-12/h5-7,11-12H,4,8-10,16H2,1-3H3/t12-/m1/s1. The molecule has 3 nitrogen and oxygen atoms in total. The molecule has 1 aliphatic heterocycles. The predicted molar refractivity (Wildman–Crippen MR) is 76.0 cm³/mol. The van der Waals surface area contributed by atoms with E-state index in [2.05, 4.69) is 25.7 Å². The number of nitrogen functional groups attached to an aromatic ring is 1. The lowest BCUT2D eigenvalue weighted by Gasteiger charge is -2.37. The summed E-state index contributed by atoms with van der Waals surface area (Å²) in [5.74, 6) is 0.964. The molecule has 0 bridgehead atoms. The molecule has 1 atom stereocenters. The number of nitrogens with two attached hydrogens (primary N) is 1. The summed E-state index contributed by atoms with van der Waals surface area (Å²) >= 11 is 0. The lowest BCUT2D eigenvalue weighted by atomic mass is 9.98. The van der Waals surface area contributed by atoms with Crippen LogP contribution in [0.4, 0.5) is 5.69 Å². The van der Waals surface area contributed by atoms with Crippen molar-refractivity contribution < 1.29 is 4.74 Å². The molecular formula is C15H24N2O.